The molecular weight excluding hydrogens is 284 g/mol. The lowest BCUT2D eigenvalue weighted by molar-refractivity contribution is 0.527. The summed E-state index contributed by atoms with van der Waals surface area (Å²) >= 11 is 1.59. The first-order valence-corrected chi connectivity index (χ1v) is 7.57. The molecule has 0 unspecified atom stereocenters. The first-order valence-electron chi connectivity index (χ1n) is 6.69. The molecule has 0 aliphatic carbocycles. The van der Waals surface area contributed by atoms with Gasteiger partial charge in [-0.05, 0) is 6.92 Å². The molecule has 21 heavy (non-hydrogen) atoms. The number of aryl methyl sites for hydroxylation is 1. The molecule has 5 nitrogen and oxygen atoms in total. The summed E-state index contributed by atoms with van der Waals surface area (Å²) in [6, 6.07) is 0. The molecule has 0 saturated carbocycles. The Morgan fingerprint density at radius 2 is 2.33 bits per heavy atom. The Hall–Kier alpha value is -2.34. The summed E-state index contributed by atoms with van der Waals surface area (Å²) in [7, 11) is 2.08. The monoisotopic (exact) mass is 298 g/mol. The number of likely N-dealkylation sites (N-methyl/N-ethyl adjacent to an activating group) is 1. The van der Waals surface area contributed by atoms with Gasteiger partial charge < -0.3 is 14.3 Å². The molecule has 0 saturated heterocycles. The van der Waals surface area contributed by atoms with Crippen LogP contribution in [0.4, 0.5) is 5.82 Å². The molecule has 4 heterocycles. The van der Waals surface area contributed by atoms with Crippen LogP contribution in [0, 0.1) is 6.92 Å². The zero-order valence-corrected chi connectivity index (χ0v) is 12.6. The third-order valence-electron chi connectivity index (χ3n) is 3.67. The van der Waals surface area contributed by atoms with Crippen LogP contribution >= 0.6 is 11.3 Å². The number of rotatable bonds is 2. The fraction of sp³-hybridized carbons (Fsp3) is 0.200. The van der Waals surface area contributed by atoms with Crippen molar-refractivity contribution in [3.63, 3.8) is 0 Å². The largest absolute Gasteiger partial charge is 0.448 e. The molecule has 6 heteroatoms. The van der Waals surface area contributed by atoms with Gasteiger partial charge in [-0.3, -0.25) is 0 Å². The van der Waals surface area contributed by atoms with E-state index in [0.717, 1.165) is 40.1 Å². The number of nitrogens with zero attached hydrogens (tertiary/aromatic N) is 3. The summed E-state index contributed by atoms with van der Waals surface area (Å²) in [6.45, 7) is 2.83. The average molecular weight is 298 g/mol. The van der Waals surface area contributed by atoms with E-state index in [4.69, 9.17) is 9.40 Å². The van der Waals surface area contributed by atoms with E-state index in [-0.39, 0.29) is 0 Å². The van der Waals surface area contributed by atoms with Crippen molar-refractivity contribution in [2.24, 2.45) is 0 Å². The summed E-state index contributed by atoms with van der Waals surface area (Å²) < 4.78 is 5.26. The number of fused-ring (bicyclic) bond motifs is 1. The Morgan fingerprint density at radius 1 is 1.43 bits per heavy atom. The smallest absolute Gasteiger partial charge is 0.181 e. The number of aromatic amines is 1. The van der Waals surface area contributed by atoms with Crippen molar-refractivity contribution in [3.05, 3.63) is 35.4 Å². The van der Waals surface area contributed by atoms with Gasteiger partial charge in [0.05, 0.1) is 5.69 Å². The molecule has 1 aliphatic rings. The highest BCUT2D eigenvalue weighted by Gasteiger charge is 2.19. The van der Waals surface area contributed by atoms with Crippen LogP contribution in [-0.2, 0) is 0 Å². The number of hydrogen-bond acceptors (Lipinski definition) is 5. The Balaban J connectivity index is 1.78. The minimum absolute atomic E-state index is 0.798. The number of oxazole rings is 1. The third-order valence-corrected chi connectivity index (χ3v) is 4.52. The molecule has 3 aromatic heterocycles. The minimum Gasteiger partial charge on any atom is -0.448 e. The fourth-order valence-electron chi connectivity index (χ4n) is 2.56. The van der Waals surface area contributed by atoms with Crippen LogP contribution in [0.2, 0.25) is 0 Å². The molecule has 1 N–H and O–H groups in total. The number of aromatic nitrogens is 3. The van der Waals surface area contributed by atoms with E-state index in [2.05, 4.69) is 39.4 Å². The first kappa shape index (κ1) is 12.4. The lowest BCUT2D eigenvalue weighted by Gasteiger charge is -2.20. The van der Waals surface area contributed by atoms with Crippen LogP contribution in [0.15, 0.2) is 28.5 Å². The predicted octanol–water partition coefficient (Wildman–Crippen LogP) is 3.56. The van der Waals surface area contributed by atoms with E-state index in [1.165, 1.54) is 12.0 Å². The van der Waals surface area contributed by atoms with Crippen LogP contribution in [-0.4, -0.2) is 28.5 Å². The number of thiazole rings is 1. The predicted molar refractivity (Wildman–Crippen MR) is 84.4 cm³/mol. The fourth-order valence-corrected chi connectivity index (χ4v) is 3.42. The van der Waals surface area contributed by atoms with Gasteiger partial charge in [0.15, 0.2) is 6.39 Å². The summed E-state index contributed by atoms with van der Waals surface area (Å²) in [4.78, 5) is 14.5. The van der Waals surface area contributed by atoms with Crippen LogP contribution in [0.5, 0.6) is 0 Å². The van der Waals surface area contributed by atoms with E-state index in [9.17, 15) is 0 Å². The van der Waals surface area contributed by atoms with Gasteiger partial charge in [0.25, 0.3) is 0 Å². The maximum absolute atomic E-state index is 5.26. The number of anilines is 1. The average Bonchev–Trinajstić information content (AvgIpc) is 3.16. The van der Waals surface area contributed by atoms with E-state index >= 15 is 0 Å². The van der Waals surface area contributed by atoms with E-state index in [1.54, 1.807) is 11.3 Å². The highest BCUT2D eigenvalue weighted by Crippen LogP contribution is 2.36. The molecular formula is C15H14N4OS. The van der Waals surface area contributed by atoms with Crippen LogP contribution in [0.25, 0.3) is 28.0 Å². The van der Waals surface area contributed by atoms with Crippen molar-refractivity contribution in [3.8, 4) is 22.0 Å². The maximum atomic E-state index is 5.26. The zero-order chi connectivity index (χ0) is 14.4. The van der Waals surface area contributed by atoms with Crippen molar-refractivity contribution < 1.29 is 4.42 Å². The Kier molecular flexibility index (Phi) is 2.71. The van der Waals surface area contributed by atoms with Crippen LogP contribution in [0.1, 0.15) is 11.3 Å². The second-order valence-electron chi connectivity index (χ2n) is 5.04. The molecule has 0 bridgehead atoms. The van der Waals surface area contributed by atoms with Crippen molar-refractivity contribution in [1.82, 2.24) is 15.0 Å². The molecule has 0 atom stereocenters. The zero-order valence-electron chi connectivity index (χ0n) is 11.8. The molecule has 0 spiro atoms. The topological polar surface area (TPSA) is 58.0 Å². The molecule has 3 aromatic rings. The van der Waals surface area contributed by atoms with Gasteiger partial charge in [0.1, 0.15) is 22.3 Å². The standard InChI is InChI=1S/C15H14N4OS/c1-9-13(17-8-20-9)15-18-12(7-21-15)11-6-16-14-10(11)4-3-5-19(14)2/h3-4,6-8,16H,5H2,1-2H3. The number of nitrogens with one attached hydrogen (secondary N) is 1. The summed E-state index contributed by atoms with van der Waals surface area (Å²) in [5.74, 6) is 1.94. The lowest BCUT2D eigenvalue weighted by atomic mass is 10.1. The molecule has 0 fully saturated rings. The lowest BCUT2D eigenvalue weighted by Crippen LogP contribution is -2.20. The Labute approximate surface area is 126 Å². The van der Waals surface area contributed by atoms with Crippen molar-refractivity contribution >= 4 is 23.2 Å². The summed E-state index contributed by atoms with van der Waals surface area (Å²) in [5, 5.41) is 2.95. The molecule has 0 amide bonds. The number of hydrogen-bond donors (Lipinski definition) is 1. The summed E-state index contributed by atoms with van der Waals surface area (Å²) in [6.07, 6.45) is 7.79. The molecule has 106 valence electrons. The second kappa shape index (κ2) is 4.60. The Bertz CT molecular complexity index is 826. The third kappa shape index (κ3) is 1.91. The van der Waals surface area contributed by atoms with Crippen molar-refractivity contribution in [2.45, 2.75) is 6.92 Å². The maximum Gasteiger partial charge on any atom is 0.181 e. The van der Waals surface area contributed by atoms with Crippen molar-refractivity contribution in [2.75, 3.05) is 18.5 Å². The first-order chi connectivity index (χ1) is 10.2. The molecule has 0 radical (unpaired) electrons. The minimum atomic E-state index is 0.798. The van der Waals surface area contributed by atoms with E-state index < -0.39 is 0 Å². The van der Waals surface area contributed by atoms with Crippen molar-refractivity contribution in [1.29, 1.82) is 0 Å². The highest BCUT2D eigenvalue weighted by atomic mass is 32.1. The van der Waals surface area contributed by atoms with Crippen LogP contribution in [0.3, 0.4) is 0 Å². The van der Waals surface area contributed by atoms with E-state index in [0.29, 0.717) is 0 Å². The quantitative estimate of drug-likeness (QED) is 0.786. The van der Waals surface area contributed by atoms with Gasteiger partial charge in [-0.1, -0.05) is 12.2 Å². The van der Waals surface area contributed by atoms with Gasteiger partial charge in [-0.2, -0.15) is 0 Å². The normalized spacial score (nSPS) is 13.7. The van der Waals surface area contributed by atoms with E-state index in [1.807, 2.05) is 13.1 Å². The molecule has 4 rings (SSSR count). The summed E-state index contributed by atoms with van der Waals surface area (Å²) in [5.41, 5.74) is 4.10. The van der Waals surface area contributed by atoms with Gasteiger partial charge in [-0.15, -0.1) is 11.3 Å². The van der Waals surface area contributed by atoms with Gasteiger partial charge in [0.2, 0.25) is 0 Å². The number of H-pyrrole nitrogens is 1. The van der Waals surface area contributed by atoms with Gasteiger partial charge in [0, 0.05) is 36.3 Å². The second-order valence-corrected chi connectivity index (χ2v) is 5.90. The van der Waals surface area contributed by atoms with Crippen LogP contribution < -0.4 is 4.90 Å². The molecule has 0 aromatic carbocycles. The van der Waals surface area contributed by atoms with Gasteiger partial charge >= 0.3 is 0 Å². The SMILES string of the molecule is Cc1ocnc1-c1nc(-c2c[nH]c3c2C=CCN3C)cs1. The van der Waals surface area contributed by atoms with Gasteiger partial charge in [-0.25, -0.2) is 9.97 Å². The molecule has 1 aliphatic heterocycles. The highest BCUT2D eigenvalue weighted by molar-refractivity contribution is 7.13. The Morgan fingerprint density at radius 3 is 3.14 bits per heavy atom.